The molecule has 0 spiro atoms. The van der Waals surface area contributed by atoms with Crippen LogP contribution in [-0.4, -0.2) is 12.3 Å². The van der Waals surface area contributed by atoms with Crippen molar-refractivity contribution in [3.63, 3.8) is 0 Å². The van der Waals surface area contributed by atoms with E-state index >= 15 is 0 Å². The molecule has 6 rings (SSSR count). The lowest BCUT2D eigenvalue weighted by Crippen LogP contribution is -2.51. The highest BCUT2D eigenvalue weighted by atomic mass is 16.7. The number of unbranched alkanes of at least 4 members (excludes halogenated alkanes) is 1. The Morgan fingerprint density at radius 3 is 2.27 bits per heavy atom. The van der Waals surface area contributed by atoms with Crippen LogP contribution in [0.4, 0.5) is 16.2 Å². The summed E-state index contributed by atoms with van der Waals surface area (Å²) in [6.07, 6.45) is 19.1. The molecule has 0 aliphatic heterocycles. The molecule has 0 radical (unpaired) electrons. The van der Waals surface area contributed by atoms with Crippen molar-refractivity contribution < 1.29 is 14.3 Å². The molecule has 0 bridgehead atoms. The zero-order chi connectivity index (χ0) is 34.6. The number of ether oxygens (including phenoxy) is 2. The van der Waals surface area contributed by atoms with Gasteiger partial charge in [-0.2, -0.15) is 10.2 Å². The molecule has 266 valence electrons. The van der Waals surface area contributed by atoms with Crippen molar-refractivity contribution in [2.75, 3.05) is 0 Å². The number of nitrogens with zero attached hydrogens (tertiary/aromatic N) is 2. The van der Waals surface area contributed by atoms with Gasteiger partial charge >= 0.3 is 6.16 Å². The summed E-state index contributed by atoms with van der Waals surface area (Å²) in [5, 5.41) is 8.71. The van der Waals surface area contributed by atoms with Crippen molar-refractivity contribution in [3.8, 4) is 5.75 Å². The maximum atomic E-state index is 12.9. The molecule has 3 saturated carbocycles. The second kappa shape index (κ2) is 15.5. The second-order valence-corrected chi connectivity index (χ2v) is 17.1. The Bertz CT molecular complexity index is 1460. The Morgan fingerprint density at radius 2 is 1.57 bits per heavy atom. The van der Waals surface area contributed by atoms with Gasteiger partial charge in [0.2, 0.25) is 0 Å². The number of azo groups is 1. The highest BCUT2D eigenvalue weighted by molar-refractivity contribution is 5.64. The predicted molar refractivity (Wildman–Crippen MR) is 200 cm³/mol. The van der Waals surface area contributed by atoms with Gasteiger partial charge in [0, 0.05) is 6.42 Å². The highest BCUT2D eigenvalue weighted by Gasteiger charge is 2.59. The summed E-state index contributed by atoms with van der Waals surface area (Å²) in [6.45, 7) is 14.7. The predicted octanol–water partition coefficient (Wildman–Crippen LogP) is 13.4. The van der Waals surface area contributed by atoms with E-state index in [2.05, 4.69) is 70.0 Å². The number of aryl methyl sites for hydroxylation is 1. The van der Waals surface area contributed by atoms with E-state index in [4.69, 9.17) is 9.47 Å². The minimum atomic E-state index is -0.617. The summed E-state index contributed by atoms with van der Waals surface area (Å²) < 4.78 is 11.5. The lowest BCUT2D eigenvalue weighted by Gasteiger charge is -2.58. The first kappa shape index (κ1) is 35.9. The maximum Gasteiger partial charge on any atom is 0.514 e. The fraction of sp³-hybridized carbons (Fsp3) is 0.659. The van der Waals surface area contributed by atoms with Crippen LogP contribution >= 0.6 is 0 Å². The van der Waals surface area contributed by atoms with Gasteiger partial charge in [-0.05, 0) is 146 Å². The molecule has 0 saturated heterocycles. The van der Waals surface area contributed by atoms with Crippen molar-refractivity contribution in [1.82, 2.24) is 0 Å². The summed E-state index contributed by atoms with van der Waals surface area (Å²) in [4.78, 5) is 12.9. The van der Waals surface area contributed by atoms with Crippen molar-refractivity contribution in [3.05, 3.63) is 65.7 Å². The van der Waals surface area contributed by atoms with Crippen LogP contribution in [0.5, 0.6) is 5.75 Å². The Hall–Kier alpha value is -2.95. The third-order valence-corrected chi connectivity index (χ3v) is 13.6. The fourth-order valence-corrected chi connectivity index (χ4v) is 10.8. The molecule has 2 aromatic carbocycles. The second-order valence-electron chi connectivity index (χ2n) is 17.1. The summed E-state index contributed by atoms with van der Waals surface area (Å²) in [7, 11) is 0. The normalized spacial score (nSPS) is 31.5. The van der Waals surface area contributed by atoms with Gasteiger partial charge in [-0.25, -0.2) is 4.79 Å². The van der Waals surface area contributed by atoms with E-state index in [1.54, 1.807) is 12.1 Å². The number of rotatable bonds is 12. The molecular formula is C44H62N2O3. The van der Waals surface area contributed by atoms with E-state index in [0.29, 0.717) is 16.9 Å². The Kier molecular flexibility index (Phi) is 11.4. The topological polar surface area (TPSA) is 60.2 Å². The molecule has 3 fully saturated rings. The van der Waals surface area contributed by atoms with E-state index in [9.17, 15) is 4.79 Å². The van der Waals surface area contributed by atoms with Gasteiger partial charge in [0.15, 0.2) is 0 Å². The van der Waals surface area contributed by atoms with Gasteiger partial charge in [0.25, 0.3) is 0 Å². The Labute approximate surface area is 296 Å². The molecular weight excluding hydrogens is 604 g/mol. The summed E-state index contributed by atoms with van der Waals surface area (Å²) in [5.74, 6) is 5.43. The average Bonchev–Trinajstić information content (AvgIpc) is 3.45. The monoisotopic (exact) mass is 666 g/mol. The summed E-state index contributed by atoms with van der Waals surface area (Å²) in [5.41, 5.74) is 5.12. The lowest BCUT2D eigenvalue weighted by atomic mass is 9.47. The van der Waals surface area contributed by atoms with E-state index in [-0.39, 0.29) is 11.5 Å². The number of carbonyl (C=O) groups is 1. The number of allylic oxidation sites excluding steroid dienone is 1. The van der Waals surface area contributed by atoms with Gasteiger partial charge in [-0.15, -0.1) is 0 Å². The van der Waals surface area contributed by atoms with Crippen molar-refractivity contribution in [2.24, 2.45) is 56.6 Å². The lowest BCUT2D eigenvalue weighted by molar-refractivity contribution is -0.0597. The number of benzene rings is 2. The zero-order valence-electron chi connectivity index (χ0n) is 31.3. The first-order chi connectivity index (χ1) is 23.6. The smallest absolute Gasteiger partial charge is 0.430 e. The fourth-order valence-electron chi connectivity index (χ4n) is 10.8. The quantitative estimate of drug-likeness (QED) is 0.0980. The summed E-state index contributed by atoms with van der Waals surface area (Å²) >= 11 is 0. The molecule has 0 unspecified atom stereocenters. The van der Waals surface area contributed by atoms with Gasteiger partial charge in [-0.1, -0.05) is 91.0 Å². The first-order valence-corrected chi connectivity index (χ1v) is 19.8. The first-order valence-electron chi connectivity index (χ1n) is 19.8. The van der Waals surface area contributed by atoms with Crippen LogP contribution in [-0.2, 0) is 11.2 Å². The molecule has 49 heavy (non-hydrogen) atoms. The highest BCUT2D eigenvalue weighted by Crippen LogP contribution is 2.67. The largest absolute Gasteiger partial charge is 0.514 e. The number of carbonyl (C=O) groups excluding carboxylic acids is 1. The molecule has 5 nitrogen and oxygen atoms in total. The third-order valence-electron chi connectivity index (χ3n) is 13.6. The van der Waals surface area contributed by atoms with Crippen molar-refractivity contribution in [1.29, 1.82) is 0 Å². The van der Waals surface area contributed by atoms with Gasteiger partial charge in [0.1, 0.15) is 11.9 Å². The minimum Gasteiger partial charge on any atom is -0.430 e. The molecule has 0 aromatic heterocycles. The molecule has 8 atom stereocenters. The molecule has 0 heterocycles. The van der Waals surface area contributed by atoms with Gasteiger partial charge < -0.3 is 9.47 Å². The van der Waals surface area contributed by atoms with E-state index in [1.165, 1.54) is 75.3 Å². The standard InChI is InChI=1S/C44H62N2O3/c1-7-8-12-32-13-16-34(17-14-32)45-46-35-18-20-36(21-19-35)48-42(47)49-37-25-27-43(5)33(29-37)15-22-38-40-24-23-39(31(4)11-9-10-30(2)3)44(40,6)28-26-41(38)43/h13-21,30-31,37-41H,7-12,22-29H2,1-6H3/t31-,37+,38+,39-,40+,41+,43+,44-/m1/s1. The number of fused-ring (bicyclic) bond motifs is 5. The van der Waals surface area contributed by atoms with Crippen LogP contribution in [0.25, 0.3) is 0 Å². The van der Waals surface area contributed by atoms with E-state index in [1.807, 2.05) is 24.3 Å². The van der Waals surface area contributed by atoms with E-state index in [0.717, 1.165) is 66.9 Å². The molecule has 5 heteroatoms. The van der Waals surface area contributed by atoms with E-state index < -0.39 is 6.16 Å². The molecule has 4 aliphatic carbocycles. The van der Waals surface area contributed by atoms with Gasteiger partial charge in [-0.3, -0.25) is 0 Å². The van der Waals surface area contributed by atoms with Gasteiger partial charge in [0.05, 0.1) is 11.4 Å². The summed E-state index contributed by atoms with van der Waals surface area (Å²) in [6, 6.07) is 15.4. The van der Waals surface area contributed by atoms with Crippen LogP contribution in [0.15, 0.2) is 70.4 Å². The van der Waals surface area contributed by atoms with Crippen molar-refractivity contribution in [2.45, 2.75) is 138 Å². The Balaban J connectivity index is 1.00. The number of hydrogen-bond donors (Lipinski definition) is 0. The number of hydrogen-bond acceptors (Lipinski definition) is 5. The SMILES string of the molecule is CCCCc1ccc(N=Nc2ccc(OC(=O)O[C@H]3CC[C@@]4(C)C(=CC[C@H]5[C@@H]6CC[C@H]([C@H](C)CCCC(C)C)[C@@]6(C)CC[C@@H]54)C3)cc2)cc1. The van der Waals surface area contributed by atoms with Crippen LogP contribution in [0.3, 0.4) is 0 Å². The van der Waals surface area contributed by atoms with Crippen LogP contribution in [0.2, 0.25) is 0 Å². The van der Waals surface area contributed by atoms with Crippen molar-refractivity contribution >= 4 is 17.5 Å². The zero-order valence-corrected chi connectivity index (χ0v) is 31.3. The van der Waals surface area contributed by atoms with Crippen LogP contribution in [0, 0.1) is 46.3 Å². The maximum absolute atomic E-state index is 12.9. The minimum absolute atomic E-state index is 0.124. The molecule has 2 aromatic rings. The van der Waals surface area contributed by atoms with Crippen LogP contribution < -0.4 is 4.74 Å². The molecule has 4 aliphatic rings. The average molecular weight is 667 g/mol. The third kappa shape index (κ3) is 8.02. The molecule has 0 N–H and O–H groups in total. The Morgan fingerprint density at radius 1 is 0.857 bits per heavy atom. The van der Waals surface area contributed by atoms with Crippen LogP contribution in [0.1, 0.15) is 131 Å². The molecule has 0 amide bonds.